The van der Waals surface area contributed by atoms with Gasteiger partial charge in [-0.05, 0) is 67.7 Å². The maximum atomic E-state index is 13.5. The minimum absolute atomic E-state index is 0.00794. The van der Waals surface area contributed by atoms with E-state index in [0.29, 0.717) is 0 Å². The van der Waals surface area contributed by atoms with Crippen LogP contribution in [0, 0.1) is 5.82 Å². The highest BCUT2D eigenvalue weighted by Crippen LogP contribution is 2.38. The molecule has 0 aliphatic heterocycles. The van der Waals surface area contributed by atoms with E-state index in [-0.39, 0.29) is 17.6 Å². The Bertz CT molecular complexity index is 603. The molecule has 0 radical (unpaired) electrons. The third kappa shape index (κ3) is 3.42. The largest absolute Gasteiger partial charge is 0.494 e. The molecule has 20 heavy (non-hydrogen) atoms. The van der Waals surface area contributed by atoms with Crippen LogP contribution < -0.4 is 10.1 Å². The van der Waals surface area contributed by atoms with Gasteiger partial charge in [0, 0.05) is 0 Å². The summed E-state index contributed by atoms with van der Waals surface area (Å²) in [7, 11) is 1.47. The molecule has 0 aliphatic rings. The van der Waals surface area contributed by atoms with Crippen molar-refractivity contribution in [3.63, 3.8) is 0 Å². The molecule has 0 spiro atoms. The van der Waals surface area contributed by atoms with Gasteiger partial charge in [-0.2, -0.15) is 0 Å². The minimum Gasteiger partial charge on any atom is -0.494 e. The molecule has 0 amide bonds. The molecule has 1 N–H and O–H groups in total. The minimum atomic E-state index is -0.350. The zero-order valence-electron chi connectivity index (χ0n) is 11.0. The monoisotopic (exact) mass is 421 g/mol. The first-order chi connectivity index (χ1) is 9.56. The van der Waals surface area contributed by atoms with Gasteiger partial charge in [0.1, 0.15) is 0 Å². The van der Waals surface area contributed by atoms with Crippen molar-refractivity contribution in [1.29, 1.82) is 0 Å². The topological polar surface area (TPSA) is 21.3 Å². The Morgan fingerprint density at radius 3 is 2.65 bits per heavy atom. The molecule has 108 valence electrons. The lowest BCUT2D eigenvalue weighted by molar-refractivity contribution is 0.385. The summed E-state index contributed by atoms with van der Waals surface area (Å²) in [6, 6.07) is 7.02. The Hall–Kier alpha value is -0.430. The van der Waals surface area contributed by atoms with Crippen molar-refractivity contribution < 1.29 is 9.13 Å². The Kier molecular flexibility index (Phi) is 5.60. The van der Waals surface area contributed by atoms with Gasteiger partial charge in [0.15, 0.2) is 11.6 Å². The van der Waals surface area contributed by atoms with E-state index < -0.39 is 0 Å². The van der Waals surface area contributed by atoms with Crippen LogP contribution >= 0.6 is 43.2 Å². The lowest BCUT2D eigenvalue weighted by atomic mass is 10.0. The van der Waals surface area contributed by atoms with Crippen molar-refractivity contribution in [2.75, 3.05) is 13.7 Å². The second kappa shape index (κ2) is 7.02. The summed E-state index contributed by atoms with van der Waals surface area (Å²) in [6.07, 6.45) is 0. The number of hydrogen-bond donors (Lipinski definition) is 1. The summed E-state index contributed by atoms with van der Waals surface area (Å²) < 4.78 is 20.7. The fourth-order valence-corrected chi connectivity index (χ4v) is 4.92. The summed E-state index contributed by atoms with van der Waals surface area (Å²) in [4.78, 5) is 0. The van der Waals surface area contributed by atoms with Gasteiger partial charge in [0.05, 0.1) is 20.7 Å². The summed E-state index contributed by atoms with van der Waals surface area (Å²) >= 11 is 8.69. The molecule has 0 bridgehead atoms. The number of thiophene rings is 1. The van der Waals surface area contributed by atoms with Crippen LogP contribution in [0.15, 0.2) is 31.8 Å². The van der Waals surface area contributed by atoms with Crippen LogP contribution in [-0.4, -0.2) is 13.7 Å². The van der Waals surface area contributed by atoms with Crippen LogP contribution in [0.1, 0.15) is 24.1 Å². The average Bonchev–Trinajstić information content (AvgIpc) is 2.75. The summed E-state index contributed by atoms with van der Waals surface area (Å²) in [6.45, 7) is 2.85. The van der Waals surface area contributed by atoms with E-state index in [2.05, 4.69) is 43.2 Å². The Morgan fingerprint density at radius 1 is 1.35 bits per heavy atom. The summed E-state index contributed by atoms with van der Waals surface area (Å²) in [5.41, 5.74) is 2.09. The first kappa shape index (κ1) is 15.9. The van der Waals surface area contributed by atoms with Gasteiger partial charge in [-0.15, -0.1) is 11.3 Å². The van der Waals surface area contributed by atoms with Crippen molar-refractivity contribution in [3.8, 4) is 5.75 Å². The summed E-state index contributed by atoms with van der Waals surface area (Å²) in [5.74, 6) is -0.0899. The second-order valence-electron chi connectivity index (χ2n) is 4.16. The van der Waals surface area contributed by atoms with E-state index in [1.807, 2.05) is 6.92 Å². The maximum absolute atomic E-state index is 13.5. The molecule has 2 aromatic rings. The molecular formula is C14H14Br2FNOS. The van der Waals surface area contributed by atoms with Crippen LogP contribution in [0.2, 0.25) is 0 Å². The van der Waals surface area contributed by atoms with Gasteiger partial charge in [0.2, 0.25) is 0 Å². The number of nitrogens with one attached hydrogen (secondary N) is 1. The Balaban J connectivity index is 2.45. The molecule has 6 heteroatoms. The SMILES string of the molecule is CCNC(c1ccc(F)c(OC)c1)c1cc(Br)sc1Br. The number of hydrogen-bond acceptors (Lipinski definition) is 3. The third-order valence-electron chi connectivity index (χ3n) is 2.91. The molecule has 1 aromatic heterocycles. The Morgan fingerprint density at radius 2 is 2.10 bits per heavy atom. The van der Waals surface area contributed by atoms with E-state index in [1.165, 1.54) is 13.2 Å². The smallest absolute Gasteiger partial charge is 0.165 e. The van der Waals surface area contributed by atoms with E-state index in [9.17, 15) is 4.39 Å². The molecule has 1 heterocycles. The fraction of sp³-hybridized carbons (Fsp3) is 0.286. The van der Waals surface area contributed by atoms with Crippen molar-refractivity contribution in [1.82, 2.24) is 5.32 Å². The van der Waals surface area contributed by atoms with Crippen molar-refractivity contribution in [2.45, 2.75) is 13.0 Å². The molecule has 2 nitrogen and oxygen atoms in total. The summed E-state index contributed by atoms with van der Waals surface area (Å²) in [5, 5.41) is 3.42. The fourth-order valence-electron chi connectivity index (χ4n) is 2.02. The highest BCUT2D eigenvalue weighted by molar-refractivity contribution is 9.12. The van der Waals surface area contributed by atoms with Crippen LogP contribution in [0.25, 0.3) is 0 Å². The first-order valence-electron chi connectivity index (χ1n) is 6.08. The molecule has 1 atom stereocenters. The van der Waals surface area contributed by atoms with E-state index in [0.717, 1.165) is 25.2 Å². The second-order valence-corrected chi connectivity index (χ2v) is 7.91. The third-order valence-corrected chi connectivity index (χ3v) is 5.30. The van der Waals surface area contributed by atoms with Crippen LogP contribution in [0.5, 0.6) is 5.75 Å². The molecule has 1 aromatic carbocycles. The zero-order chi connectivity index (χ0) is 14.7. The molecule has 0 saturated carbocycles. The van der Waals surface area contributed by atoms with Gasteiger partial charge >= 0.3 is 0 Å². The standard InChI is InChI=1S/C14H14Br2FNOS/c1-3-18-13(9-7-12(15)20-14(9)16)8-4-5-10(17)11(6-8)19-2/h4-7,13,18H,3H2,1-2H3. The number of methoxy groups -OCH3 is 1. The molecular weight excluding hydrogens is 409 g/mol. The predicted octanol–water partition coefficient (Wildman–Crippen LogP) is 5.12. The van der Waals surface area contributed by atoms with Crippen LogP contribution in [0.3, 0.4) is 0 Å². The predicted molar refractivity (Wildman–Crippen MR) is 88.2 cm³/mol. The number of rotatable bonds is 5. The van der Waals surface area contributed by atoms with Crippen LogP contribution in [-0.2, 0) is 0 Å². The normalized spacial score (nSPS) is 12.4. The molecule has 0 saturated heterocycles. The van der Waals surface area contributed by atoms with Crippen LogP contribution in [0.4, 0.5) is 4.39 Å². The van der Waals surface area contributed by atoms with Gasteiger partial charge in [0.25, 0.3) is 0 Å². The lowest BCUT2D eigenvalue weighted by Gasteiger charge is -2.19. The van der Waals surface area contributed by atoms with Crippen molar-refractivity contribution in [2.24, 2.45) is 0 Å². The molecule has 1 unspecified atom stereocenters. The number of ether oxygens (including phenoxy) is 1. The highest BCUT2D eigenvalue weighted by atomic mass is 79.9. The zero-order valence-corrected chi connectivity index (χ0v) is 15.0. The quantitative estimate of drug-likeness (QED) is 0.721. The average molecular weight is 423 g/mol. The number of halogens is 3. The molecule has 0 fully saturated rings. The van der Waals surface area contributed by atoms with E-state index >= 15 is 0 Å². The van der Waals surface area contributed by atoms with Crippen molar-refractivity contribution in [3.05, 3.63) is 48.8 Å². The van der Waals surface area contributed by atoms with Gasteiger partial charge < -0.3 is 10.1 Å². The maximum Gasteiger partial charge on any atom is 0.165 e. The van der Waals surface area contributed by atoms with E-state index in [1.54, 1.807) is 23.5 Å². The molecule has 0 aliphatic carbocycles. The van der Waals surface area contributed by atoms with E-state index in [4.69, 9.17) is 4.74 Å². The van der Waals surface area contributed by atoms with Crippen molar-refractivity contribution >= 4 is 43.2 Å². The molecule has 2 rings (SSSR count). The number of benzene rings is 1. The van der Waals surface area contributed by atoms with Gasteiger partial charge in [-0.1, -0.05) is 13.0 Å². The van der Waals surface area contributed by atoms with Gasteiger partial charge in [-0.25, -0.2) is 4.39 Å². The Labute approximate surface area is 138 Å². The highest BCUT2D eigenvalue weighted by Gasteiger charge is 2.19. The van der Waals surface area contributed by atoms with Gasteiger partial charge in [-0.3, -0.25) is 0 Å². The lowest BCUT2D eigenvalue weighted by Crippen LogP contribution is -2.22. The first-order valence-corrected chi connectivity index (χ1v) is 8.48.